The quantitative estimate of drug-likeness (QED) is 0.439. The molecule has 2 aromatic carbocycles. The molecule has 158 valence electrons. The van der Waals surface area contributed by atoms with Crippen LogP contribution in [-0.4, -0.2) is 54.0 Å². The first-order valence-corrected chi connectivity index (χ1v) is 9.30. The smallest absolute Gasteiger partial charge is 0.337 e. The number of carbonyl (C=O) groups is 1. The molecule has 0 aliphatic heterocycles. The second kappa shape index (κ2) is 8.31. The predicted molar refractivity (Wildman–Crippen MR) is 113 cm³/mol. The van der Waals surface area contributed by atoms with Crippen LogP contribution in [0.3, 0.4) is 0 Å². The van der Waals surface area contributed by atoms with Gasteiger partial charge in [-0.3, -0.25) is 0 Å². The van der Waals surface area contributed by atoms with Gasteiger partial charge in [0, 0.05) is 17.3 Å². The molecular formula is C22H20N4O5. The van der Waals surface area contributed by atoms with Gasteiger partial charge in [-0.2, -0.15) is 9.50 Å². The lowest BCUT2D eigenvalue weighted by Gasteiger charge is -2.12. The van der Waals surface area contributed by atoms with Gasteiger partial charge in [0.2, 0.25) is 5.75 Å². The van der Waals surface area contributed by atoms with E-state index in [4.69, 9.17) is 18.9 Å². The highest BCUT2D eigenvalue weighted by atomic mass is 16.5. The van der Waals surface area contributed by atoms with E-state index in [1.54, 1.807) is 56.3 Å². The summed E-state index contributed by atoms with van der Waals surface area (Å²) in [6.07, 6.45) is 1.66. The summed E-state index contributed by atoms with van der Waals surface area (Å²) in [5, 5.41) is 4.64. The van der Waals surface area contributed by atoms with Gasteiger partial charge in [0.25, 0.3) is 5.78 Å². The fraction of sp³-hybridized carbons (Fsp3) is 0.182. The molecule has 0 atom stereocenters. The Labute approximate surface area is 178 Å². The van der Waals surface area contributed by atoms with Gasteiger partial charge in [-0.05, 0) is 30.3 Å². The van der Waals surface area contributed by atoms with Gasteiger partial charge in [-0.1, -0.05) is 12.1 Å². The lowest BCUT2D eigenvalue weighted by molar-refractivity contribution is 0.0600. The monoisotopic (exact) mass is 420 g/mol. The van der Waals surface area contributed by atoms with Crippen LogP contribution in [0, 0.1) is 0 Å². The van der Waals surface area contributed by atoms with Crippen molar-refractivity contribution in [2.75, 3.05) is 28.4 Å². The van der Waals surface area contributed by atoms with Crippen LogP contribution in [0.5, 0.6) is 17.2 Å². The van der Waals surface area contributed by atoms with E-state index in [0.29, 0.717) is 40.0 Å². The number of hydrogen-bond acceptors (Lipinski definition) is 8. The molecule has 0 unspecified atom stereocenters. The van der Waals surface area contributed by atoms with Gasteiger partial charge in [0.05, 0.1) is 39.7 Å². The summed E-state index contributed by atoms with van der Waals surface area (Å²) in [4.78, 5) is 20.6. The van der Waals surface area contributed by atoms with Crippen molar-refractivity contribution in [2.24, 2.45) is 0 Å². The van der Waals surface area contributed by atoms with Crippen LogP contribution in [0.25, 0.3) is 28.4 Å². The molecule has 0 amide bonds. The van der Waals surface area contributed by atoms with Crippen molar-refractivity contribution in [1.82, 2.24) is 19.6 Å². The molecule has 0 N–H and O–H groups in total. The van der Waals surface area contributed by atoms with Crippen LogP contribution in [0.4, 0.5) is 0 Å². The molecule has 0 bridgehead atoms. The van der Waals surface area contributed by atoms with Crippen molar-refractivity contribution in [3.63, 3.8) is 0 Å². The van der Waals surface area contributed by atoms with Crippen molar-refractivity contribution < 1.29 is 23.7 Å². The van der Waals surface area contributed by atoms with Gasteiger partial charge in [-0.25, -0.2) is 9.78 Å². The fourth-order valence-corrected chi connectivity index (χ4v) is 3.24. The Kier molecular flexibility index (Phi) is 5.40. The van der Waals surface area contributed by atoms with Crippen LogP contribution in [-0.2, 0) is 4.74 Å². The van der Waals surface area contributed by atoms with E-state index in [0.717, 1.165) is 11.3 Å². The van der Waals surface area contributed by atoms with Crippen LogP contribution in [0.1, 0.15) is 10.4 Å². The molecule has 0 spiro atoms. The Balaban J connectivity index is 1.81. The van der Waals surface area contributed by atoms with Crippen molar-refractivity contribution in [3.05, 3.63) is 54.2 Å². The zero-order valence-electron chi connectivity index (χ0n) is 17.4. The number of aromatic nitrogens is 4. The van der Waals surface area contributed by atoms with Crippen LogP contribution >= 0.6 is 0 Å². The summed E-state index contributed by atoms with van der Waals surface area (Å²) < 4.78 is 22.6. The molecule has 0 fully saturated rings. The Hall–Kier alpha value is -4.14. The highest BCUT2D eigenvalue weighted by molar-refractivity contribution is 5.89. The van der Waals surface area contributed by atoms with Crippen LogP contribution in [0.2, 0.25) is 0 Å². The van der Waals surface area contributed by atoms with Crippen molar-refractivity contribution in [3.8, 4) is 39.9 Å². The van der Waals surface area contributed by atoms with E-state index in [9.17, 15) is 4.79 Å². The van der Waals surface area contributed by atoms with Gasteiger partial charge in [-0.15, -0.1) is 5.10 Å². The Bertz CT molecular complexity index is 1230. The molecule has 9 nitrogen and oxygen atoms in total. The summed E-state index contributed by atoms with van der Waals surface area (Å²) in [6, 6.07) is 12.4. The number of carbonyl (C=O) groups excluding carboxylic acids is 1. The van der Waals surface area contributed by atoms with Gasteiger partial charge < -0.3 is 18.9 Å². The van der Waals surface area contributed by atoms with Crippen LogP contribution in [0.15, 0.2) is 48.7 Å². The molecule has 31 heavy (non-hydrogen) atoms. The molecule has 9 heteroatoms. The van der Waals surface area contributed by atoms with E-state index in [1.165, 1.54) is 7.11 Å². The third kappa shape index (κ3) is 3.61. The largest absolute Gasteiger partial charge is 0.493 e. The minimum atomic E-state index is -0.392. The highest BCUT2D eigenvalue weighted by Gasteiger charge is 2.18. The first kappa shape index (κ1) is 20.1. The molecule has 4 rings (SSSR count). The summed E-state index contributed by atoms with van der Waals surface area (Å²) in [7, 11) is 6.00. The lowest BCUT2D eigenvalue weighted by atomic mass is 10.1. The number of hydrogen-bond donors (Lipinski definition) is 0. The normalized spacial score (nSPS) is 10.7. The second-order valence-corrected chi connectivity index (χ2v) is 6.46. The maximum Gasteiger partial charge on any atom is 0.337 e. The minimum Gasteiger partial charge on any atom is -0.493 e. The summed E-state index contributed by atoms with van der Waals surface area (Å²) in [5.41, 5.74) is 2.77. The zero-order valence-corrected chi connectivity index (χ0v) is 17.4. The van der Waals surface area contributed by atoms with Gasteiger partial charge >= 0.3 is 5.97 Å². The zero-order chi connectivity index (χ0) is 22.0. The maximum atomic E-state index is 11.7. The molecule has 0 saturated heterocycles. The highest BCUT2D eigenvalue weighted by Crippen LogP contribution is 2.40. The average Bonchev–Trinajstić information content (AvgIpc) is 3.27. The lowest BCUT2D eigenvalue weighted by Crippen LogP contribution is -2.01. The summed E-state index contributed by atoms with van der Waals surface area (Å²) in [6.45, 7) is 0. The predicted octanol–water partition coefficient (Wildman–Crippen LogP) is 3.27. The average molecular weight is 420 g/mol. The summed E-state index contributed by atoms with van der Waals surface area (Å²) in [5.74, 6) is 1.98. The molecule has 0 aliphatic carbocycles. The third-order valence-corrected chi connectivity index (χ3v) is 4.77. The second-order valence-electron chi connectivity index (χ2n) is 6.46. The fourth-order valence-electron chi connectivity index (χ4n) is 3.24. The van der Waals surface area contributed by atoms with E-state index < -0.39 is 5.97 Å². The number of benzene rings is 2. The molecule has 2 aromatic heterocycles. The van der Waals surface area contributed by atoms with E-state index >= 15 is 0 Å². The first-order valence-electron chi connectivity index (χ1n) is 9.30. The van der Waals surface area contributed by atoms with Gasteiger partial charge in [0.1, 0.15) is 0 Å². The third-order valence-electron chi connectivity index (χ3n) is 4.77. The molecule has 0 radical (unpaired) electrons. The molecular weight excluding hydrogens is 400 g/mol. The molecule has 2 heterocycles. The SMILES string of the molecule is COC(=O)c1ccc(-c2ccnc3nc(-c4cc(OC)c(OC)c(OC)c4)nn23)cc1. The van der Waals surface area contributed by atoms with Gasteiger partial charge in [0.15, 0.2) is 17.3 Å². The Morgan fingerprint density at radius 2 is 1.55 bits per heavy atom. The molecule has 0 aliphatic rings. The van der Waals surface area contributed by atoms with Crippen molar-refractivity contribution in [2.45, 2.75) is 0 Å². The van der Waals surface area contributed by atoms with Crippen LogP contribution < -0.4 is 14.2 Å². The maximum absolute atomic E-state index is 11.7. The van der Waals surface area contributed by atoms with E-state index in [2.05, 4.69) is 15.1 Å². The number of ether oxygens (including phenoxy) is 4. The van der Waals surface area contributed by atoms with Crippen molar-refractivity contribution in [1.29, 1.82) is 0 Å². The first-order chi connectivity index (χ1) is 15.1. The molecule has 0 saturated carbocycles. The number of methoxy groups -OCH3 is 4. The number of esters is 1. The number of fused-ring (bicyclic) bond motifs is 1. The minimum absolute atomic E-state index is 0.392. The topological polar surface area (TPSA) is 97.1 Å². The standard InChI is InChI=1S/C22H20N4O5/c1-28-17-11-15(12-18(29-2)19(17)30-3)20-24-22-23-10-9-16(26(22)25-20)13-5-7-14(8-6-13)21(27)31-4/h5-12H,1-4H3. The number of rotatable bonds is 6. The Morgan fingerprint density at radius 1 is 0.871 bits per heavy atom. The molecule has 4 aromatic rings. The van der Waals surface area contributed by atoms with Crippen molar-refractivity contribution >= 4 is 11.7 Å². The Morgan fingerprint density at radius 3 is 2.13 bits per heavy atom. The van der Waals surface area contributed by atoms with E-state index in [-0.39, 0.29) is 0 Å². The summed E-state index contributed by atoms with van der Waals surface area (Å²) >= 11 is 0. The number of nitrogens with zero attached hydrogens (tertiary/aromatic N) is 4. The van der Waals surface area contributed by atoms with E-state index in [1.807, 2.05) is 18.2 Å².